The Kier molecular flexibility index (Phi) is 3.42. The summed E-state index contributed by atoms with van der Waals surface area (Å²) in [6.45, 7) is 0. The molecule has 0 bridgehead atoms. The van der Waals surface area contributed by atoms with Crippen LogP contribution in [0.2, 0.25) is 5.02 Å². The van der Waals surface area contributed by atoms with Crippen LogP contribution in [0.4, 0.5) is 11.8 Å². The number of ether oxygens (including phenoxy) is 1. The highest BCUT2D eigenvalue weighted by Crippen LogP contribution is 2.28. The molecule has 16 heavy (non-hydrogen) atoms. The summed E-state index contributed by atoms with van der Waals surface area (Å²) in [5, 5.41) is 3.71. The normalized spacial score (nSPS) is 23.7. The van der Waals surface area contributed by atoms with E-state index < -0.39 is 0 Å². The Balaban J connectivity index is 1.98. The largest absolute Gasteiger partial charge is 0.381 e. The third-order valence-electron chi connectivity index (χ3n) is 2.64. The molecule has 1 aliphatic carbocycles. The molecule has 0 atom stereocenters. The number of nitrogens with zero attached hydrogens (tertiary/aromatic N) is 2. The number of aromatic nitrogens is 2. The van der Waals surface area contributed by atoms with Crippen LogP contribution in [0.15, 0.2) is 6.20 Å². The number of nitrogen functional groups attached to an aromatic ring is 1. The maximum absolute atomic E-state index is 5.96. The Morgan fingerprint density at radius 3 is 2.94 bits per heavy atom. The number of nitrogens with one attached hydrogen (secondary N) is 2. The smallest absolute Gasteiger partial charge is 0.239 e. The molecule has 1 fully saturated rings. The molecule has 0 radical (unpaired) electrons. The first-order valence-corrected chi connectivity index (χ1v) is 5.39. The molecule has 88 valence electrons. The van der Waals surface area contributed by atoms with E-state index in [9.17, 15) is 0 Å². The van der Waals surface area contributed by atoms with Gasteiger partial charge in [-0.05, 0) is 12.8 Å². The van der Waals surface area contributed by atoms with Crippen LogP contribution < -0.4 is 16.6 Å². The molecule has 1 aliphatic rings. The summed E-state index contributed by atoms with van der Waals surface area (Å²) < 4.78 is 5.19. The van der Waals surface area contributed by atoms with Crippen molar-refractivity contribution in [3.63, 3.8) is 0 Å². The Labute approximate surface area is 98.5 Å². The first-order valence-electron chi connectivity index (χ1n) is 5.01. The zero-order chi connectivity index (χ0) is 11.5. The summed E-state index contributed by atoms with van der Waals surface area (Å²) in [5.41, 5.74) is 2.38. The van der Waals surface area contributed by atoms with Gasteiger partial charge in [0.1, 0.15) is 5.02 Å². The van der Waals surface area contributed by atoms with Crippen molar-refractivity contribution < 1.29 is 4.74 Å². The maximum Gasteiger partial charge on any atom is 0.239 e. The van der Waals surface area contributed by atoms with Crippen LogP contribution in [0, 0.1) is 0 Å². The van der Waals surface area contributed by atoms with E-state index in [1.807, 2.05) is 0 Å². The molecular weight excluding hydrogens is 230 g/mol. The van der Waals surface area contributed by atoms with E-state index in [-0.39, 0.29) is 0 Å². The van der Waals surface area contributed by atoms with Gasteiger partial charge >= 0.3 is 0 Å². The molecule has 6 nitrogen and oxygen atoms in total. The van der Waals surface area contributed by atoms with E-state index in [1.54, 1.807) is 7.11 Å². The monoisotopic (exact) mass is 243 g/mol. The number of rotatable bonds is 4. The lowest BCUT2D eigenvalue weighted by Crippen LogP contribution is -2.40. The number of hydrogen-bond donors (Lipinski definition) is 3. The Bertz CT molecular complexity index is 369. The average molecular weight is 244 g/mol. The zero-order valence-corrected chi connectivity index (χ0v) is 9.66. The second-order valence-electron chi connectivity index (χ2n) is 3.70. The van der Waals surface area contributed by atoms with E-state index >= 15 is 0 Å². The molecule has 1 heterocycles. The van der Waals surface area contributed by atoms with Gasteiger partial charge in [-0.25, -0.2) is 10.8 Å². The molecule has 1 aromatic heterocycles. The number of halogens is 1. The first kappa shape index (κ1) is 11.4. The van der Waals surface area contributed by atoms with E-state index in [0.29, 0.717) is 28.9 Å². The van der Waals surface area contributed by atoms with Crippen molar-refractivity contribution >= 4 is 23.4 Å². The quantitative estimate of drug-likeness (QED) is 0.541. The molecule has 0 aromatic carbocycles. The predicted octanol–water partition coefficient (Wildman–Crippen LogP) is 1.00. The summed E-state index contributed by atoms with van der Waals surface area (Å²) in [6.07, 6.45) is 3.77. The average Bonchev–Trinajstić information content (AvgIpc) is 2.25. The van der Waals surface area contributed by atoms with Gasteiger partial charge in [0.25, 0.3) is 0 Å². The highest BCUT2D eigenvalue weighted by molar-refractivity contribution is 6.32. The number of anilines is 2. The summed E-state index contributed by atoms with van der Waals surface area (Å²) in [7, 11) is 1.72. The van der Waals surface area contributed by atoms with Crippen molar-refractivity contribution in [1.82, 2.24) is 9.97 Å². The number of methoxy groups -OCH3 is 1. The lowest BCUT2D eigenvalue weighted by atomic mass is 9.89. The minimum atomic E-state index is 0.338. The zero-order valence-electron chi connectivity index (χ0n) is 8.90. The number of hydrazine groups is 1. The van der Waals surface area contributed by atoms with Crippen molar-refractivity contribution in [2.45, 2.75) is 25.0 Å². The number of hydrogen-bond acceptors (Lipinski definition) is 6. The van der Waals surface area contributed by atoms with Crippen molar-refractivity contribution in [1.29, 1.82) is 0 Å². The fourth-order valence-electron chi connectivity index (χ4n) is 1.61. The van der Waals surface area contributed by atoms with Crippen LogP contribution in [0.5, 0.6) is 0 Å². The van der Waals surface area contributed by atoms with E-state index in [4.69, 9.17) is 22.2 Å². The lowest BCUT2D eigenvalue weighted by Gasteiger charge is -2.35. The van der Waals surface area contributed by atoms with Gasteiger partial charge in [0, 0.05) is 13.2 Å². The minimum Gasteiger partial charge on any atom is -0.381 e. The Morgan fingerprint density at radius 1 is 1.56 bits per heavy atom. The first-order chi connectivity index (χ1) is 7.72. The van der Waals surface area contributed by atoms with Gasteiger partial charge in [-0.2, -0.15) is 4.98 Å². The molecule has 0 unspecified atom stereocenters. The fourth-order valence-corrected chi connectivity index (χ4v) is 1.75. The maximum atomic E-state index is 5.96. The van der Waals surface area contributed by atoms with Crippen molar-refractivity contribution in [2.24, 2.45) is 5.84 Å². The third kappa shape index (κ3) is 2.34. The molecule has 0 saturated heterocycles. The van der Waals surface area contributed by atoms with E-state index in [2.05, 4.69) is 20.7 Å². The molecule has 0 aliphatic heterocycles. The molecule has 0 spiro atoms. The number of nitrogens with two attached hydrogens (primary N) is 1. The van der Waals surface area contributed by atoms with Crippen LogP contribution in [0.25, 0.3) is 0 Å². The predicted molar refractivity (Wildman–Crippen MR) is 62.3 cm³/mol. The molecule has 2 rings (SSSR count). The van der Waals surface area contributed by atoms with Crippen LogP contribution in [0.3, 0.4) is 0 Å². The molecule has 4 N–H and O–H groups in total. The minimum absolute atomic E-state index is 0.338. The van der Waals surface area contributed by atoms with Crippen LogP contribution in [-0.2, 0) is 4.74 Å². The highest BCUT2D eigenvalue weighted by Gasteiger charge is 2.29. The molecular formula is C9H14ClN5O. The van der Waals surface area contributed by atoms with Crippen LogP contribution >= 0.6 is 11.6 Å². The second-order valence-corrected chi connectivity index (χ2v) is 4.11. The van der Waals surface area contributed by atoms with E-state index in [1.165, 1.54) is 6.20 Å². The van der Waals surface area contributed by atoms with Crippen molar-refractivity contribution in [2.75, 3.05) is 17.9 Å². The van der Waals surface area contributed by atoms with Gasteiger partial charge in [-0.1, -0.05) is 11.6 Å². The summed E-state index contributed by atoms with van der Waals surface area (Å²) in [5.74, 6) is 6.17. The summed E-state index contributed by atoms with van der Waals surface area (Å²) >= 11 is 5.96. The van der Waals surface area contributed by atoms with Crippen molar-refractivity contribution in [3.05, 3.63) is 11.2 Å². The van der Waals surface area contributed by atoms with Crippen molar-refractivity contribution in [3.8, 4) is 0 Å². The molecule has 0 amide bonds. The van der Waals surface area contributed by atoms with Crippen LogP contribution in [-0.4, -0.2) is 29.2 Å². The second kappa shape index (κ2) is 4.82. The summed E-state index contributed by atoms with van der Waals surface area (Å²) in [4.78, 5) is 8.03. The SMILES string of the molecule is COC1CC(Nc2nc(NN)ncc2Cl)C1. The molecule has 1 saturated carbocycles. The van der Waals surface area contributed by atoms with Gasteiger partial charge in [-0.15, -0.1) is 0 Å². The topological polar surface area (TPSA) is 85.1 Å². The van der Waals surface area contributed by atoms with Gasteiger partial charge in [0.2, 0.25) is 5.95 Å². The Hall–Kier alpha value is -1.11. The third-order valence-corrected chi connectivity index (χ3v) is 2.92. The van der Waals surface area contributed by atoms with Crippen LogP contribution in [0.1, 0.15) is 12.8 Å². The Morgan fingerprint density at radius 2 is 2.31 bits per heavy atom. The van der Waals surface area contributed by atoms with Gasteiger partial charge in [0.05, 0.1) is 12.3 Å². The van der Waals surface area contributed by atoms with Gasteiger partial charge < -0.3 is 10.1 Å². The van der Waals surface area contributed by atoms with Gasteiger partial charge in [-0.3, -0.25) is 5.43 Å². The fraction of sp³-hybridized carbons (Fsp3) is 0.556. The lowest BCUT2D eigenvalue weighted by molar-refractivity contribution is 0.0328. The molecule has 7 heteroatoms. The van der Waals surface area contributed by atoms with E-state index in [0.717, 1.165) is 12.8 Å². The standard InChI is InChI=1S/C9H14ClN5O/c1-16-6-2-5(3-6)13-8-7(10)4-12-9(14-8)15-11/h4-6H,2-3,11H2,1H3,(H2,12,13,14,15). The van der Waals surface area contributed by atoms with Gasteiger partial charge in [0.15, 0.2) is 5.82 Å². The highest BCUT2D eigenvalue weighted by atomic mass is 35.5. The summed E-state index contributed by atoms with van der Waals surface area (Å²) in [6, 6.07) is 0.350. The molecule has 1 aromatic rings.